The summed E-state index contributed by atoms with van der Waals surface area (Å²) >= 11 is 0. The first kappa shape index (κ1) is 19.8. The molecule has 1 heterocycles. The van der Waals surface area contributed by atoms with Crippen molar-refractivity contribution in [3.63, 3.8) is 0 Å². The summed E-state index contributed by atoms with van der Waals surface area (Å²) in [6.07, 6.45) is 5.51. The van der Waals surface area contributed by atoms with Gasteiger partial charge in [0.05, 0.1) is 6.61 Å². The third-order valence-corrected chi connectivity index (χ3v) is 3.37. The number of hydrogen-bond acceptors (Lipinski definition) is 3. The molecule has 0 unspecified atom stereocenters. The quantitative estimate of drug-likeness (QED) is 0.632. The molecule has 21 heavy (non-hydrogen) atoms. The van der Waals surface area contributed by atoms with E-state index in [0.29, 0.717) is 6.79 Å². The molecule has 3 nitrogen and oxygen atoms in total. The van der Waals surface area contributed by atoms with Crippen molar-refractivity contribution in [2.24, 2.45) is 0 Å². The fourth-order valence-corrected chi connectivity index (χ4v) is 2.29. The van der Waals surface area contributed by atoms with Crippen LogP contribution in [0.2, 0.25) is 0 Å². The van der Waals surface area contributed by atoms with Crippen LogP contribution < -0.4 is 9.47 Å². The van der Waals surface area contributed by atoms with Crippen molar-refractivity contribution in [3.8, 4) is 11.5 Å². The molecule has 0 saturated carbocycles. The highest BCUT2D eigenvalue weighted by Crippen LogP contribution is 2.35. The zero-order chi connectivity index (χ0) is 13.5. The SMILES string of the molecule is C.C.CCCCOCCc1cc2c(cc1CCC)OCO2. The minimum Gasteiger partial charge on any atom is -0.454 e. The van der Waals surface area contributed by atoms with E-state index in [4.69, 9.17) is 14.2 Å². The van der Waals surface area contributed by atoms with Crippen molar-refractivity contribution in [2.75, 3.05) is 20.0 Å². The van der Waals surface area contributed by atoms with E-state index in [1.807, 2.05) is 0 Å². The largest absolute Gasteiger partial charge is 0.454 e. The number of rotatable bonds is 8. The molecule has 2 rings (SSSR count). The van der Waals surface area contributed by atoms with E-state index >= 15 is 0 Å². The van der Waals surface area contributed by atoms with E-state index in [1.165, 1.54) is 17.5 Å². The lowest BCUT2D eigenvalue weighted by molar-refractivity contribution is 0.134. The summed E-state index contributed by atoms with van der Waals surface area (Å²) < 4.78 is 16.6. The summed E-state index contributed by atoms with van der Waals surface area (Å²) in [5.74, 6) is 1.77. The molecule has 0 aromatic heterocycles. The van der Waals surface area contributed by atoms with Gasteiger partial charge in [-0.1, -0.05) is 41.5 Å². The fraction of sp³-hybridized carbons (Fsp3) is 0.667. The van der Waals surface area contributed by atoms with Gasteiger partial charge in [0.15, 0.2) is 11.5 Å². The predicted octanol–water partition coefficient (Wildman–Crippen LogP) is 5.00. The van der Waals surface area contributed by atoms with E-state index in [0.717, 1.165) is 50.4 Å². The zero-order valence-electron chi connectivity index (χ0n) is 12.0. The van der Waals surface area contributed by atoms with Gasteiger partial charge in [-0.2, -0.15) is 0 Å². The number of fused-ring (bicyclic) bond motifs is 1. The van der Waals surface area contributed by atoms with Crippen LogP contribution in [-0.2, 0) is 17.6 Å². The molecule has 1 aliphatic rings. The number of ether oxygens (including phenoxy) is 3. The third kappa shape index (κ3) is 5.58. The second-order valence-corrected chi connectivity index (χ2v) is 4.94. The van der Waals surface area contributed by atoms with Crippen LogP contribution in [-0.4, -0.2) is 20.0 Å². The molecular weight excluding hydrogens is 264 g/mol. The second-order valence-electron chi connectivity index (χ2n) is 4.94. The molecular formula is C18H32O3. The molecule has 0 fully saturated rings. The number of hydrogen-bond donors (Lipinski definition) is 0. The normalized spacial score (nSPS) is 11.7. The average molecular weight is 296 g/mol. The lowest BCUT2D eigenvalue weighted by Crippen LogP contribution is -2.03. The summed E-state index contributed by atoms with van der Waals surface area (Å²) in [7, 11) is 0. The lowest BCUT2D eigenvalue weighted by Gasteiger charge is -2.11. The van der Waals surface area contributed by atoms with E-state index in [9.17, 15) is 0 Å². The maximum atomic E-state index is 5.66. The Morgan fingerprint density at radius 2 is 1.52 bits per heavy atom. The Bertz CT molecular complexity index is 402. The van der Waals surface area contributed by atoms with Crippen LogP contribution in [0.5, 0.6) is 11.5 Å². The average Bonchev–Trinajstić information content (AvgIpc) is 2.86. The molecule has 1 aliphatic heterocycles. The molecule has 0 radical (unpaired) electrons. The van der Waals surface area contributed by atoms with Crippen LogP contribution in [0.25, 0.3) is 0 Å². The highest BCUT2D eigenvalue weighted by molar-refractivity contribution is 5.48. The van der Waals surface area contributed by atoms with Gasteiger partial charge in [0.1, 0.15) is 0 Å². The minimum atomic E-state index is 0. The van der Waals surface area contributed by atoms with Gasteiger partial charge in [-0.25, -0.2) is 0 Å². The maximum Gasteiger partial charge on any atom is 0.231 e. The number of unbranched alkanes of at least 4 members (excludes halogenated alkanes) is 1. The minimum absolute atomic E-state index is 0. The molecule has 0 spiro atoms. The summed E-state index contributed by atoms with van der Waals surface area (Å²) in [6.45, 7) is 6.38. The maximum absolute atomic E-state index is 5.66. The Kier molecular flexibility index (Phi) is 9.89. The van der Waals surface area contributed by atoms with Crippen molar-refractivity contribution in [1.29, 1.82) is 0 Å². The molecule has 1 aromatic carbocycles. The first-order valence-corrected chi connectivity index (χ1v) is 7.34. The highest BCUT2D eigenvalue weighted by Gasteiger charge is 2.16. The zero-order valence-corrected chi connectivity index (χ0v) is 12.0. The highest BCUT2D eigenvalue weighted by atomic mass is 16.7. The standard InChI is InChI=1S/C16H24O3.2CH4/c1-3-5-8-17-9-7-14-11-16-15(18-12-19-16)10-13(14)6-4-2;;/h10-11H,3-9,12H2,1-2H3;2*1H4. The van der Waals surface area contributed by atoms with Gasteiger partial charge in [0.25, 0.3) is 0 Å². The van der Waals surface area contributed by atoms with Crippen LogP contribution in [0, 0.1) is 0 Å². The van der Waals surface area contributed by atoms with Crippen molar-refractivity contribution in [3.05, 3.63) is 23.3 Å². The van der Waals surface area contributed by atoms with E-state index < -0.39 is 0 Å². The molecule has 0 amide bonds. The van der Waals surface area contributed by atoms with Crippen LogP contribution in [0.4, 0.5) is 0 Å². The van der Waals surface area contributed by atoms with Gasteiger partial charge in [-0.15, -0.1) is 0 Å². The smallest absolute Gasteiger partial charge is 0.231 e. The van der Waals surface area contributed by atoms with Gasteiger partial charge in [-0.05, 0) is 42.5 Å². The van der Waals surface area contributed by atoms with Gasteiger partial charge in [-0.3, -0.25) is 0 Å². The molecule has 3 heteroatoms. The summed E-state index contributed by atoms with van der Waals surface area (Å²) in [4.78, 5) is 0. The summed E-state index contributed by atoms with van der Waals surface area (Å²) in [5.41, 5.74) is 2.70. The predicted molar refractivity (Wildman–Crippen MR) is 89.5 cm³/mol. The van der Waals surface area contributed by atoms with Gasteiger partial charge >= 0.3 is 0 Å². The molecule has 0 saturated heterocycles. The fourth-order valence-electron chi connectivity index (χ4n) is 2.29. The van der Waals surface area contributed by atoms with Crippen molar-refractivity contribution >= 4 is 0 Å². The van der Waals surface area contributed by atoms with Crippen LogP contribution in [0.15, 0.2) is 12.1 Å². The molecule has 1 aromatic rings. The topological polar surface area (TPSA) is 27.7 Å². The van der Waals surface area contributed by atoms with Gasteiger partial charge in [0, 0.05) is 6.61 Å². The van der Waals surface area contributed by atoms with Crippen LogP contribution >= 0.6 is 0 Å². The van der Waals surface area contributed by atoms with Crippen LogP contribution in [0.1, 0.15) is 59.1 Å². The van der Waals surface area contributed by atoms with Crippen molar-refractivity contribution in [2.45, 2.75) is 60.8 Å². The summed E-state index contributed by atoms with van der Waals surface area (Å²) in [6, 6.07) is 4.25. The molecule has 0 bridgehead atoms. The molecule has 0 N–H and O–H groups in total. The van der Waals surface area contributed by atoms with E-state index in [1.54, 1.807) is 0 Å². The van der Waals surface area contributed by atoms with Gasteiger partial charge in [0.2, 0.25) is 6.79 Å². The molecule has 122 valence electrons. The Morgan fingerprint density at radius 1 is 0.905 bits per heavy atom. The van der Waals surface area contributed by atoms with Gasteiger partial charge < -0.3 is 14.2 Å². The Hall–Kier alpha value is -1.22. The Balaban J connectivity index is 0.00000200. The Labute approximate surface area is 130 Å². The van der Waals surface area contributed by atoms with Crippen molar-refractivity contribution in [1.82, 2.24) is 0 Å². The molecule has 0 atom stereocenters. The van der Waals surface area contributed by atoms with Crippen LogP contribution in [0.3, 0.4) is 0 Å². The number of benzene rings is 1. The monoisotopic (exact) mass is 296 g/mol. The first-order valence-electron chi connectivity index (χ1n) is 7.34. The number of aryl methyl sites for hydroxylation is 1. The van der Waals surface area contributed by atoms with E-state index in [2.05, 4.69) is 26.0 Å². The molecule has 0 aliphatic carbocycles. The lowest BCUT2D eigenvalue weighted by atomic mass is 10.00. The third-order valence-electron chi connectivity index (χ3n) is 3.37. The first-order chi connectivity index (χ1) is 9.35. The van der Waals surface area contributed by atoms with E-state index in [-0.39, 0.29) is 14.9 Å². The Morgan fingerprint density at radius 3 is 2.10 bits per heavy atom. The second kappa shape index (κ2) is 10.5. The van der Waals surface area contributed by atoms with Crippen molar-refractivity contribution < 1.29 is 14.2 Å². The summed E-state index contributed by atoms with van der Waals surface area (Å²) in [5, 5.41) is 0.